The number of carbonyl (C=O) groups excluding carboxylic acids is 3. The fourth-order valence-electron chi connectivity index (χ4n) is 4.19. The maximum Gasteiger partial charge on any atom is 0.457 e. The molecule has 0 spiro atoms. The Hall–Kier alpha value is -4.43. The molecule has 1 aromatic heterocycles. The summed E-state index contributed by atoms with van der Waals surface area (Å²) < 4.78 is 178. The second-order valence-electron chi connectivity index (χ2n) is 10.2. The van der Waals surface area contributed by atoms with E-state index in [1.54, 1.807) is 5.32 Å². The molecule has 2 amide bonds. The van der Waals surface area contributed by atoms with Crippen LogP contribution in [0.3, 0.4) is 0 Å². The van der Waals surface area contributed by atoms with Gasteiger partial charge in [-0.15, -0.1) is 5.06 Å². The highest BCUT2D eigenvalue weighted by atomic mass is 79.9. The minimum absolute atomic E-state index is 0.0791. The van der Waals surface area contributed by atoms with Crippen LogP contribution in [0.4, 0.5) is 68.5 Å². The van der Waals surface area contributed by atoms with E-state index in [1.807, 2.05) is 0 Å². The van der Waals surface area contributed by atoms with E-state index >= 15 is 8.78 Å². The molecule has 1 fully saturated rings. The first-order valence-corrected chi connectivity index (χ1v) is 13.9. The second-order valence-corrected chi connectivity index (χ2v) is 11.1. The third kappa shape index (κ3) is 7.02. The average molecular weight is 784 g/mol. The lowest BCUT2D eigenvalue weighted by molar-refractivity contribution is -0.389. The van der Waals surface area contributed by atoms with Gasteiger partial charge in [-0.05, 0) is 65.2 Å². The SMILES string of the molecule is O=C(Nc1c(Br)cc(C(F)(C(F)(F)F)C(F)(F)C(F)(F)F)cc1C(F)F)c1cccc(N(OC(=O)C2CC2)C(=O)c2ccc(F)nc2)c1F. The lowest BCUT2D eigenvalue weighted by Crippen LogP contribution is -2.59. The summed E-state index contributed by atoms with van der Waals surface area (Å²) in [5.74, 6) is -14.7. The van der Waals surface area contributed by atoms with E-state index in [0.717, 1.165) is 24.3 Å². The number of nitrogens with zero attached hydrogens (tertiary/aromatic N) is 2. The standard InChI is InChI=1S/C28H15BrF13N3O4/c29-16-9-13(25(34,27(37,38)39)26(35,36)28(40,41)42)8-15(21(32)33)20(16)44-22(46)14-2-1-3-17(19(14)31)45(49-24(48)11-4-5-11)23(47)12-6-7-18(30)43-10-12/h1-3,6-11,21H,4-5H2,(H,44,46). The molecule has 0 radical (unpaired) electrons. The highest BCUT2D eigenvalue weighted by Crippen LogP contribution is 2.59. The Morgan fingerprint density at radius 3 is 2.06 bits per heavy atom. The Labute approximate surface area is 273 Å². The summed E-state index contributed by atoms with van der Waals surface area (Å²) in [6.45, 7) is 0. The molecule has 1 heterocycles. The molecule has 0 bridgehead atoms. The molecule has 1 atom stereocenters. The van der Waals surface area contributed by atoms with Gasteiger partial charge < -0.3 is 10.2 Å². The Morgan fingerprint density at radius 2 is 1.55 bits per heavy atom. The monoisotopic (exact) mass is 783 g/mol. The zero-order chi connectivity index (χ0) is 36.9. The van der Waals surface area contributed by atoms with Crippen LogP contribution in [0, 0.1) is 17.7 Å². The number of rotatable bonds is 8. The fraction of sp³-hybridized carbons (Fsp3) is 0.286. The quantitative estimate of drug-likeness (QED) is 0.140. The molecule has 1 N–H and O–H groups in total. The summed E-state index contributed by atoms with van der Waals surface area (Å²) >= 11 is 2.35. The van der Waals surface area contributed by atoms with Crippen LogP contribution in [0.25, 0.3) is 0 Å². The van der Waals surface area contributed by atoms with Crippen LogP contribution in [-0.2, 0) is 15.3 Å². The predicted molar refractivity (Wildman–Crippen MR) is 143 cm³/mol. The number of carbonyl (C=O) groups is 3. The van der Waals surface area contributed by atoms with Gasteiger partial charge >= 0.3 is 29.9 Å². The molecule has 0 aliphatic heterocycles. The molecule has 264 valence electrons. The van der Waals surface area contributed by atoms with Crippen LogP contribution >= 0.6 is 15.9 Å². The molecular formula is C28H15BrF13N3O4. The summed E-state index contributed by atoms with van der Waals surface area (Å²) in [6.07, 6.45) is -16.9. The Bertz CT molecular complexity index is 1780. The van der Waals surface area contributed by atoms with Gasteiger partial charge in [-0.3, -0.25) is 9.59 Å². The van der Waals surface area contributed by atoms with Crippen molar-refractivity contribution in [1.29, 1.82) is 0 Å². The molecule has 3 aromatic rings. The molecule has 4 rings (SSSR count). The fourth-order valence-corrected chi connectivity index (χ4v) is 4.76. The first-order valence-electron chi connectivity index (χ1n) is 13.1. The third-order valence-electron chi connectivity index (χ3n) is 6.86. The number of pyridine rings is 1. The Balaban J connectivity index is 1.77. The van der Waals surface area contributed by atoms with Gasteiger partial charge in [0.1, 0.15) is 5.69 Å². The van der Waals surface area contributed by atoms with Crippen molar-refractivity contribution in [1.82, 2.24) is 4.98 Å². The van der Waals surface area contributed by atoms with Gasteiger partial charge in [-0.1, -0.05) is 6.07 Å². The minimum Gasteiger partial charge on any atom is -0.332 e. The number of hydrogen-bond acceptors (Lipinski definition) is 5. The van der Waals surface area contributed by atoms with Crippen LogP contribution in [0.5, 0.6) is 0 Å². The highest BCUT2D eigenvalue weighted by Gasteiger charge is 2.81. The van der Waals surface area contributed by atoms with E-state index in [0.29, 0.717) is 25.1 Å². The van der Waals surface area contributed by atoms with Crippen molar-refractivity contribution in [3.05, 3.63) is 87.2 Å². The third-order valence-corrected chi connectivity index (χ3v) is 7.49. The van der Waals surface area contributed by atoms with Crippen LogP contribution < -0.4 is 10.4 Å². The molecule has 49 heavy (non-hydrogen) atoms. The van der Waals surface area contributed by atoms with Crippen LogP contribution in [-0.4, -0.2) is 41.0 Å². The molecule has 0 saturated heterocycles. The van der Waals surface area contributed by atoms with E-state index in [2.05, 4.69) is 20.9 Å². The highest BCUT2D eigenvalue weighted by molar-refractivity contribution is 9.10. The summed E-state index contributed by atoms with van der Waals surface area (Å²) in [7, 11) is 0. The number of halogens is 14. The van der Waals surface area contributed by atoms with Crippen molar-refractivity contribution in [3.63, 3.8) is 0 Å². The van der Waals surface area contributed by atoms with Gasteiger partial charge in [0, 0.05) is 21.8 Å². The maximum absolute atomic E-state index is 15.8. The van der Waals surface area contributed by atoms with Gasteiger partial charge in [-0.25, -0.2) is 27.3 Å². The number of nitrogens with one attached hydrogen (secondary N) is 1. The molecule has 1 aliphatic carbocycles. The van der Waals surface area contributed by atoms with Crippen molar-refractivity contribution in [2.75, 3.05) is 10.4 Å². The Morgan fingerprint density at radius 1 is 0.918 bits per heavy atom. The van der Waals surface area contributed by atoms with Crippen LogP contribution in [0.1, 0.15) is 51.1 Å². The number of alkyl halides is 11. The summed E-state index contributed by atoms with van der Waals surface area (Å²) in [5, 5.41) is 1.70. The Kier molecular flexibility index (Phi) is 10.0. The zero-order valence-corrected chi connectivity index (χ0v) is 25.1. The van der Waals surface area contributed by atoms with Crippen molar-refractivity contribution in [2.24, 2.45) is 5.92 Å². The smallest absolute Gasteiger partial charge is 0.332 e. The molecule has 1 unspecified atom stereocenters. The lowest BCUT2D eigenvalue weighted by atomic mass is 9.86. The molecule has 1 aliphatic rings. The second kappa shape index (κ2) is 13.1. The van der Waals surface area contributed by atoms with Crippen LogP contribution in [0.2, 0.25) is 0 Å². The van der Waals surface area contributed by atoms with E-state index in [4.69, 9.17) is 4.84 Å². The zero-order valence-electron chi connectivity index (χ0n) is 23.5. The maximum atomic E-state index is 15.8. The largest absolute Gasteiger partial charge is 0.457 e. The van der Waals surface area contributed by atoms with E-state index in [-0.39, 0.29) is 11.1 Å². The average Bonchev–Trinajstić information content (AvgIpc) is 3.85. The van der Waals surface area contributed by atoms with Gasteiger partial charge in [0.15, 0.2) is 5.82 Å². The number of aromatic nitrogens is 1. The first kappa shape index (κ1) is 37.4. The number of hydroxylamine groups is 1. The molecule has 7 nitrogen and oxygen atoms in total. The number of anilines is 2. The molecular weight excluding hydrogens is 769 g/mol. The van der Waals surface area contributed by atoms with E-state index < -0.39 is 110 Å². The van der Waals surface area contributed by atoms with Gasteiger partial charge in [0.25, 0.3) is 18.2 Å². The van der Waals surface area contributed by atoms with Crippen molar-refractivity contribution >= 4 is 45.1 Å². The molecule has 1 saturated carbocycles. The van der Waals surface area contributed by atoms with Gasteiger partial charge in [0.2, 0.25) is 5.95 Å². The van der Waals surface area contributed by atoms with Crippen molar-refractivity contribution < 1.29 is 76.3 Å². The summed E-state index contributed by atoms with van der Waals surface area (Å²) in [6, 6.07) is 2.91. The lowest BCUT2D eigenvalue weighted by Gasteiger charge is -2.36. The van der Waals surface area contributed by atoms with Crippen LogP contribution in [0.15, 0.2) is 53.1 Å². The summed E-state index contributed by atoms with van der Waals surface area (Å²) in [5.41, 5.74) is -15.0. The van der Waals surface area contributed by atoms with Gasteiger partial charge in [-0.2, -0.15) is 39.5 Å². The topological polar surface area (TPSA) is 88.6 Å². The first-order chi connectivity index (χ1) is 22.5. The number of hydrogen-bond donors (Lipinski definition) is 1. The van der Waals surface area contributed by atoms with Crippen molar-refractivity contribution in [3.8, 4) is 0 Å². The minimum atomic E-state index is -7.21. The number of amides is 2. The van der Waals surface area contributed by atoms with Crippen molar-refractivity contribution in [2.45, 2.75) is 43.2 Å². The van der Waals surface area contributed by atoms with E-state index in [9.17, 15) is 62.7 Å². The molecule has 21 heteroatoms. The number of benzene rings is 2. The normalized spacial score (nSPS) is 15.1. The van der Waals surface area contributed by atoms with Gasteiger partial charge in [0.05, 0.1) is 22.7 Å². The predicted octanol–water partition coefficient (Wildman–Crippen LogP) is 8.75. The molecule has 2 aromatic carbocycles. The summed E-state index contributed by atoms with van der Waals surface area (Å²) in [4.78, 5) is 46.9. The van der Waals surface area contributed by atoms with E-state index in [1.165, 1.54) is 0 Å².